The average molecular weight is 188 g/mol. The molecule has 0 saturated carbocycles. The van der Waals surface area contributed by atoms with Gasteiger partial charge in [-0.2, -0.15) is 0 Å². The molecular formula is C9H20N2O2. The van der Waals surface area contributed by atoms with Gasteiger partial charge in [0.15, 0.2) is 0 Å². The predicted molar refractivity (Wildman–Crippen MR) is 51.6 cm³/mol. The SMILES string of the molecule is OCCNCC(O)CN1CCCC1. The van der Waals surface area contributed by atoms with Crippen LogP contribution in [0.4, 0.5) is 0 Å². The van der Waals surface area contributed by atoms with E-state index in [1.807, 2.05) is 0 Å². The van der Waals surface area contributed by atoms with Crippen LogP contribution in [0.2, 0.25) is 0 Å². The molecule has 4 heteroatoms. The molecule has 13 heavy (non-hydrogen) atoms. The van der Waals surface area contributed by atoms with Crippen LogP contribution < -0.4 is 5.32 Å². The number of nitrogens with zero attached hydrogens (tertiary/aromatic N) is 1. The molecule has 0 spiro atoms. The third-order valence-electron chi connectivity index (χ3n) is 2.34. The summed E-state index contributed by atoms with van der Waals surface area (Å²) >= 11 is 0. The normalized spacial score (nSPS) is 20.8. The van der Waals surface area contributed by atoms with Crippen LogP contribution in [-0.4, -0.2) is 60.5 Å². The van der Waals surface area contributed by atoms with E-state index >= 15 is 0 Å². The van der Waals surface area contributed by atoms with Crippen LogP contribution in [0.1, 0.15) is 12.8 Å². The second kappa shape index (κ2) is 6.32. The molecule has 1 heterocycles. The topological polar surface area (TPSA) is 55.7 Å². The lowest BCUT2D eigenvalue weighted by atomic mass is 10.3. The summed E-state index contributed by atoms with van der Waals surface area (Å²) in [7, 11) is 0. The van der Waals surface area contributed by atoms with E-state index in [0.29, 0.717) is 13.1 Å². The number of β-amino-alcohol motifs (C(OH)–C–C–N with tert-alkyl or cyclic N) is 1. The van der Waals surface area contributed by atoms with Crippen LogP contribution in [0.5, 0.6) is 0 Å². The fraction of sp³-hybridized carbons (Fsp3) is 1.00. The molecule has 0 bridgehead atoms. The molecule has 1 aliphatic heterocycles. The van der Waals surface area contributed by atoms with Crippen molar-refractivity contribution in [2.75, 3.05) is 39.3 Å². The average Bonchev–Trinajstić information content (AvgIpc) is 2.57. The van der Waals surface area contributed by atoms with E-state index in [4.69, 9.17) is 5.11 Å². The Bertz CT molecular complexity index is 127. The maximum absolute atomic E-state index is 9.55. The summed E-state index contributed by atoms with van der Waals surface area (Å²) in [6.07, 6.45) is 2.22. The largest absolute Gasteiger partial charge is 0.395 e. The van der Waals surface area contributed by atoms with E-state index in [0.717, 1.165) is 19.6 Å². The Morgan fingerprint density at radius 3 is 2.62 bits per heavy atom. The van der Waals surface area contributed by atoms with E-state index < -0.39 is 0 Å². The predicted octanol–water partition coefficient (Wildman–Crippen LogP) is -0.975. The van der Waals surface area contributed by atoms with Gasteiger partial charge >= 0.3 is 0 Å². The maximum atomic E-state index is 9.55. The Labute approximate surface area is 79.6 Å². The first-order valence-corrected chi connectivity index (χ1v) is 5.05. The van der Waals surface area contributed by atoms with Gasteiger partial charge in [0.05, 0.1) is 12.7 Å². The van der Waals surface area contributed by atoms with Gasteiger partial charge in [0, 0.05) is 19.6 Å². The minimum atomic E-state index is -0.301. The van der Waals surface area contributed by atoms with E-state index in [2.05, 4.69) is 10.2 Å². The lowest BCUT2D eigenvalue weighted by Gasteiger charge is -2.19. The van der Waals surface area contributed by atoms with Crippen molar-refractivity contribution in [1.82, 2.24) is 10.2 Å². The van der Waals surface area contributed by atoms with Gasteiger partial charge in [0.1, 0.15) is 0 Å². The van der Waals surface area contributed by atoms with Gasteiger partial charge in [-0.15, -0.1) is 0 Å². The highest BCUT2D eigenvalue weighted by Gasteiger charge is 2.14. The number of hydrogen-bond acceptors (Lipinski definition) is 4. The summed E-state index contributed by atoms with van der Waals surface area (Å²) in [5, 5.41) is 21.0. The molecule has 0 aromatic rings. The number of aliphatic hydroxyl groups excluding tert-OH is 2. The highest BCUT2D eigenvalue weighted by molar-refractivity contribution is 4.71. The zero-order chi connectivity index (χ0) is 9.52. The van der Waals surface area contributed by atoms with Crippen LogP contribution in [-0.2, 0) is 0 Å². The Balaban J connectivity index is 1.99. The summed E-state index contributed by atoms with van der Waals surface area (Å²) in [4.78, 5) is 2.28. The van der Waals surface area contributed by atoms with Gasteiger partial charge in [-0.05, 0) is 25.9 Å². The summed E-state index contributed by atoms with van der Waals surface area (Å²) < 4.78 is 0. The van der Waals surface area contributed by atoms with Gasteiger partial charge in [-0.25, -0.2) is 0 Å². The van der Waals surface area contributed by atoms with Gasteiger partial charge in [0.25, 0.3) is 0 Å². The van der Waals surface area contributed by atoms with Gasteiger partial charge < -0.3 is 20.4 Å². The number of likely N-dealkylation sites (tertiary alicyclic amines) is 1. The van der Waals surface area contributed by atoms with Crippen LogP contribution in [0.25, 0.3) is 0 Å². The fourth-order valence-corrected chi connectivity index (χ4v) is 1.68. The van der Waals surface area contributed by atoms with Crippen molar-refractivity contribution in [3.8, 4) is 0 Å². The van der Waals surface area contributed by atoms with Crippen LogP contribution in [0.15, 0.2) is 0 Å². The second-order valence-corrected chi connectivity index (χ2v) is 3.59. The molecule has 3 N–H and O–H groups in total. The quantitative estimate of drug-likeness (QED) is 0.469. The third kappa shape index (κ3) is 4.57. The molecule has 0 aromatic heterocycles. The first kappa shape index (κ1) is 10.9. The van der Waals surface area contributed by atoms with Crippen LogP contribution in [0, 0.1) is 0 Å². The van der Waals surface area contributed by atoms with Crippen molar-refractivity contribution >= 4 is 0 Å². The molecule has 0 aromatic carbocycles. The highest BCUT2D eigenvalue weighted by atomic mass is 16.3. The fourth-order valence-electron chi connectivity index (χ4n) is 1.68. The van der Waals surface area contributed by atoms with Crippen molar-refractivity contribution in [2.45, 2.75) is 18.9 Å². The molecule has 1 unspecified atom stereocenters. The smallest absolute Gasteiger partial charge is 0.0791 e. The minimum Gasteiger partial charge on any atom is -0.395 e. The highest BCUT2D eigenvalue weighted by Crippen LogP contribution is 2.07. The first-order chi connectivity index (χ1) is 6.33. The van der Waals surface area contributed by atoms with E-state index in [-0.39, 0.29) is 12.7 Å². The number of rotatable bonds is 6. The van der Waals surface area contributed by atoms with Gasteiger partial charge in [-0.3, -0.25) is 0 Å². The van der Waals surface area contributed by atoms with Gasteiger partial charge in [0.2, 0.25) is 0 Å². The molecular weight excluding hydrogens is 168 g/mol. The molecule has 0 aliphatic carbocycles. The Hall–Kier alpha value is -0.160. The summed E-state index contributed by atoms with van der Waals surface area (Å²) in [5.74, 6) is 0. The number of nitrogens with one attached hydrogen (secondary N) is 1. The van der Waals surface area contributed by atoms with Crippen molar-refractivity contribution in [3.05, 3.63) is 0 Å². The minimum absolute atomic E-state index is 0.135. The molecule has 0 radical (unpaired) electrons. The molecule has 1 atom stereocenters. The summed E-state index contributed by atoms with van der Waals surface area (Å²) in [6, 6.07) is 0. The Morgan fingerprint density at radius 2 is 2.00 bits per heavy atom. The van der Waals surface area contributed by atoms with Crippen molar-refractivity contribution < 1.29 is 10.2 Å². The van der Waals surface area contributed by atoms with Crippen molar-refractivity contribution in [3.63, 3.8) is 0 Å². The molecule has 4 nitrogen and oxygen atoms in total. The Morgan fingerprint density at radius 1 is 1.31 bits per heavy atom. The second-order valence-electron chi connectivity index (χ2n) is 3.59. The van der Waals surface area contributed by atoms with Crippen LogP contribution >= 0.6 is 0 Å². The maximum Gasteiger partial charge on any atom is 0.0791 e. The Kier molecular flexibility index (Phi) is 5.31. The molecule has 0 amide bonds. The zero-order valence-electron chi connectivity index (χ0n) is 8.08. The lowest BCUT2D eigenvalue weighted by molar-refractivity contribution is 0.122. The van der Waals surface area contributed by atoms with E-state index in [9.17, 15) is 5.11 Å². The lowest BCUT2D eigenvalue weighted by Crippen LogP contribution is -2.37. The van der Waals surface area contributed by atoms with Crippen LogP contribution in [0.3, 0.4) is 0 Å². The first-order valence-electron chi connectivity index (χ1n) is 5.05. The van der Waals surface area contributed by atoms with Gasteiger partial charge in [-0.1, -0.05) is 0 Å². The molecule has 1 aliphatic rings. The number of hydrogen-bond donors (Lipinski definition) is 3. The number of aliphatic hydroxyl groups is 2. The summed E-state index contributed by atoms with van der Waals surface area (Å²) in [6.45, 7) is 4.29. The van der Waals surface area contributed by atoms with Crippen molar-refractivity contribution in [2.24, 2.45) is 0 Å². The monoisotopic (exact) mass is 188 g/mol. The summed E-state index contributed by atoms with van der Waals surface area (Å²) in [5.41, 5.74) is 0. The van der Waals surface area contributed by atoms with E-state index in [1.54, 1.807) is 0 Å². The zero-order valence-corrected chi connectivity index (χ0v) is 8.08. The molecule has 1 rings (SSSR count). The third-order valence-corrected chi connectivity index (χ3v) is 2.34. The molecule has 1 fully saturated rings. The van der Waals surface area contributed by atoms with E-state index in [1.165, 1.54) is 12.8 Å². The molecule has 78 valence electrons. The molecule has 1 saturated heterocycles. The van der Waals surface area contributed by atoms with Crippen molar-refractivity contribution in [1.29, 1.82) is 0 Å². The standard InChI is InChI=1S/C9H20N2O2/c12-6-3-10-7-9(13)8-11-4-1-2-5-11/h9-10,12-13H,1-8H2.